The molecule has 0 bridgehead atoms. The Kier molecular flexibility index (Phi) is 5.43. The van der Waals surface area contributed by atoms with E-state index in [2.05, 4.69) is 5.32 Å². The number of rotatable bonds is 6. The fourth-order valence-electron chi connectivity index (χ4n) is 1.79. The number of anilines is 1. The summed E-state index contributed by atoms with van der Waals surface area (Å²) in [6.07, 6.45) is 0. The summed E-state index contributed by atoms with van der Waals surface area (Å²) in [6, 6.07) is 14.9. The molecule has 1 unspecified atom stereocenters. The van der Waals surface area contributed by atoms with Crippen molar-refractivity contribution in [1.82, 2.24) is 5.32 Å². The highest BCUT2D eigenvalue weighted by atomic mass is 32.2. The average Bonchev–Trinajstić information content (AvgIpc) is 2.52. The van der Waals surface area contributed by atoms with Crippen molar-refractivity contribution in [1.29, 1.82) is 0 Å². The molecule has 114 valence electrons. The predicted octanol–water partition coefficient (Wildman–Crippen LogP) is 2.24. The maximum atomic E-state index is 12.1. The summed E-state index contributed by atoms with van der Waals surface area (Å²) in [7, 11) is 0. The quantitative estimate of drug-likeness (QED) is 0.561. The molecule has 6 heteroatoms. The van der Waals surface area contributed by atoms with Crippen LogP contribution in [-0.2, 0) is 4.79 Å². The Morgan fingerprint density at radius 1 is 1.14 bits per heavy atom. The zero-order valence-corrected chi connectivity index (χ0v) is 12.5. The number of aliphatic carboxylic acids is 1. The smallest absolute Gasteiger partial charge is 0.327 e. The minimum atomic E-state index is -1.07. The Balaban J connectivity index is 1.99. The molecule has 0 aliphatic carbocycles. The number of nitrogens with one attached hydrogen (secondary N) is 1. The molecule has 4 N–H and O–H groups in total. The summed E-state index contributed by atoms with van der Waals surface area (Å²) >= 11 is 1.38. The van der Waals surface area contributed by atoms with Gasteiger partial charge in [0, 0.05) is 21.9 Å². The molecular weight excluding hydrogens is 300 g/mol. The molecule has 2 rings (SSSR count). The van der Waals surface area contributed by atoms with Crippen LogP contribution < -0.4 is 11.1 Å². The minimum Gasteiger partial charge on any atom is -0.480 e. The van der Waals surface area contributed by atoms with E-state index in [4.69, 9.17) is 5.73 Å². The van der Waals surface area contributed by atoms with E-state index in [9.17, 15) is 14.7 Å². The summed E-state index contributed by atoms with van der Waals surface area (Å²) < 4.78 is 0. The summed E-state index contributed by atoms with van der Waals surface area (Å²) in [5, 5.41) is 11.8. The second-order valence-corrected chi connectivity index (χ2v) is 5.71. The van der Waals surface area contributed by atoms with E-state index in [1.807, 2.05) is 30.3 Å². The number of nitrogen functional groups attached to an aromatic ring is 1. The molecule has 22 heavy (non-hydrogen) atoms. The third-order valence-electron chi connectivity index (χ3n) is 2.91. The molecule has 0 spiro atoms. The van der Waals surface area contributed by atoms with Gasteiger partial charge in [-0.2, -0.15) is 0 Å². The van der Waals surface area contributed by atoms with Crippen LogP contribution in [0.4, 0.5) is 5.69 Å². The summed E-state index contributed by atoms with van der Waals surface area (Å²) in [4.78, 5) is 24.3. The topological polar surface area (TPSA) is 92.4 Å². The highest BCUT2D eigenvalue weighted by molar-refractivity contribution is 7.99. The number of carboxylic acid groups (broad SMARTS) is 1. The molecule has 2 aromatic carbocycles. The van der Waals surface area contributed by atoms with Crippen molar-refractivity contribution in [2.24, 2.45) is 0 Å². The van der Waals surface area contributed by atoms with Crippen LogP contribution in [0.3, 0.4) is 0 Å². The molecule has 0 radical (unpaired) electrons. The van der Waals surface area contributed by atoms with E-state index in [0.29, 0.717) is 11.3 Å². The highest BCUT2D eigenvalue weighted by Crippen LogP contribution is 2.18. The lowest BCUT2D eigenvalue weighted by molar-refractivity contribution is -0.138. The van der Waals surface area contributed by atoms with Gasteiger partial charge in [0.25, 0.3) is 5.91 Å². The molecule has 0 saturated carbocycles. The molecule has 1 amide bonds. The van der Waals surface area contributed by atoms with Gasteiger partial charge in [-0.25, -0.2) is 4.79 Å². The maximum absolute atomic E-state index is 12.1. The van der Waals surface area contributed by atoms with Crippen LogP contribution in [-0.4, -0.2) is 28.8 Å². The van der Waals surface area contributed by atoms with Crippen LogP contribution in [0.1, 0.15) is 10.4 Å². The van der Waals surface area contributed by atoms with E-state index in [1.54, 1.807) is 18.2 Å². The summed E-state index contributed by atoms with van der Waals surface area (Å²) in [5.74, 6) is -1.28. The monoisotopic (exact) mass is 316 g/mol. The third kappa shape index (κ3) is 4.53. The molecule has 2 aromatic rings. The van der Waals surface area contributed by atoms with E-state index < -0.39 is 17.9 Å². The fraction of sp³-hybridized carbons (Fsp3) is 0.125. The number of carboxylic acids is 1. The first-order valence-electron chi connectivity index (χ1n) is 6.63. The lowest BCUT2D eigenvalue weighted by Gasteiger charge is -2.14. The van der Waals surface area contributed by atoms with E-state index >= 15 is 0 Å². The number of benzene rings is 2. The zero-order chi connectivity index (χ0) is 15.9. The molecule has 0 aliphatic heterocycles. The van der Waals surface area contributed by atoms with Crippen molar-refractivity contribution >= 4 is 29.3 Å². The van der Waals surface area contributed by atoms with Crippen LogP contribution in [0.15, 0.2) is 59.5 Å². The van der Waals surface area contributed by atoms with E-state index in [0.717, 1.165) is 4.90 Å². The van der Waals surface area contributed by atoms with Gasteiger partial charge in [-0.3, -0.25) is 4.79 Å². The molecule has 0 aromatic heterocycles. The number of carbonyl (C=O) groups excluding carboxylic acids is 1. The van der Waals surface area contributed by atoms with Gasteiger partial charge >= 0.3 is 5.97 Å². The second kappa shape index (κ2) is 7.51. The number of hydrogen-bond acceptors (Lipinski definition) is 4. The molecule has 5 nitrogen and oxygen atoms in total. The fourth-order valence-corrected chi connectivity index (χ4v) is 2.73. The van der Waals surface area contributed by atoms with Gasteiger partial charge in [0.15, 0.2) is 0 Å². The molecule has 0 heterocycles. The van der Waals surface area contributed by atoms with E-state index in [-0.39, 0.29) is 5.75 Å². The number of thioether (sulfide) groups is 1. The van der Waals surface area contributed by atoms with Crippen molar-refractivity contribution < 1.29 is 14.7 Å². The second-order valence-electron chi connectivity index (χ2n) is 4.61. The maximum Gasteiger partial charge on any atom is 0.327 e. The largest absolute Gasteiger partial charge is 0.480 e. The van der Waals surface area contributed by atoms with Gasteiger partial charge in [0.05, 0.1) is 0 Å². The summed E-state index contributed by atoms with van der Waals surface area (Å²) in [6.45, 7) is 0. The SMILES string of the molecule is Nc1cccc(C(=O)NC(CSc2ccccc2)C(=O)O)c1. The average molecular weight is 316 g/mol. The lowest BCUT2D eigenvalue weighted by atomic mass is 10.2. The first-order chi connectivity index (χ1) is 10.6. The Bertz CT molecular complexity index is 661. The predicted molar refractivity (Wildman–Crippen MR) is 86.9 cm³/mol. The lowest BCUT2D eigenvalue weighted by Crippen LogP contribution is -2.42. The molecule has 0 fully saturated rings. The van der Waals surface area contributed by atoms with Crippen molar-refractivity contribution in [2.75, 3.05) is 11.5 Å². The minimum absolute atomic E-state index is 0.243. The highest BCUT2D eigenvalue weighted by Gasteiger charge is 2.21. The van der Waals surface area contributed by atoms with Gasteiger partial charge in [-0.05, 0) is 30.3 Å². The van der Waals surface area contributed by atoms with Crippen molar-refractivity contribution in [3.05, 3.63) is 60.2 Å². The van der Waals surface area contributed by atoms with Gasteiger partial charge < -0.3 is 16.2 Å². The number of carbonyl (C=O) groups is 2. The first kappa shape index (κ1) is 15.9. The molecule has 1 atom stereocenters. The third-order valence-corrected chi connectivity index (χ3v) is 4.02. The van der Waals surface area contributed by atoms with Gasteiger partial charge in [-0.1, -0.05) is 24.3 Å². The van der Waals surface area contributed by atoms with Crippen molar-refractivity contribution in [2.45, 2.75) is 10.9 Å². The normalized spacial score (nSPS) is 11.6. The van der Waals surface area contributed by atoms with Crippen LogP contribution in [0.2, 0.25) is 0 Å². The Labute approximate surface area is 132 Å². The van der Waals surface area contributed by atoms with Crippen LogP contribution in [0, 0.1) is 0 Å². The Morgan fingerprint density at radius 3 is 2.50 bits per heavy atom. The summed E-state index contributed by atoms with van der Waals surface area (Å²) in [5.41, 5.74) is 6.42. The Morgan fingerprint density at radius 2 is 1.86 bits per heavy atom. The van der Waals surface area contributed by atoms with Gasteiger partial charge in [0.2, 0.25) is 0 Å². The van der Waals surface area contributed by atoms with Crippen LogP contribution in [0.5, 0.6) is 0 Å². The first-order valence-corrected chi connectivity index (χ1v) is 7.62. The van der Waals surface area contributed by atoms with Crippen molar-refractivity contribution in [3.8, 4) is 0 Å². The molecule has 0 aliphatic rings. The van der Waals surface area contributed by atoms with Gasteiger partial charge in [0.1, 0.15) is 6.04 Å². The van der Waals surface area contributed by atoms with Crippen LogP contribution >= 0.6 is 11.8 Å². The van der Waals surface area contributed by atoms with Crippen molar-refractivity contribution in [3.63, 3.8) is 0 Å². The van der Waals surface area contributed by atoms with E-state index in [1.165, 1.54) is 17.8 Å². The number of amides is 1. The number of nitrogens with two attached hydrogens (primary N) is 1. The number of hydrogen-bond donors (Lipinski definition) is 3. The van der Waals surface area contributed by atoms with Crippen LogP contribution in [0.25, 0.3) is 0 Å². The van der Waals surface area contributed by atoms with Gasteiger partial charge in [-0.15, -0.1) is 11.8 Å². The molecular formula is C16H16N2O3S. The molecule has 0 saturated heterocycles. The standard InChI is InChI=1S/C16H16N2O3S/c17-12-6-4-5-11(9-12)15(19)18-14(16(20)21)10-22-13-7-2-1-3-8-13/h1-9,14H,10,17H2,(H,18,19)(H,20,21). The Hall–Kier alpha value is -2.47. The zero-order valence-electron chi connectivity index (χ0n) is 11.7.